The second kappa shape index (κ2) is 5.48. The van der Waals surface area contributed by atoms with Crippen LogP contribution < -0.4 is 5.32 Å². The van der Waals surface area contributed by atoms with Crippen molar-refractivity contribution in [3.05, 3.63) is 64.2 Å². The molecule has 0 bridgehead atoms. The van der Waals surface area contributed by atoms with Gasteiger partial charge in [-0.25, -0.2) is 17.6 Å². The Balaban J connectivity index is 2.19. The predicted molar refractivity (Wildman–Crippen MR) is 65.1 cm³/mol. The lowest BCUT2D eigenvalue weighted by atomic mass is 10.2. The molecule has 6 heteroatoms. The van der Waals surface area contributed by atoms with E-state index in [1.807, 2.05) is 0 Å². The fourth-order valence-electron chi connectivity index (χ4n) is 1.53. The summed E-state index contributed by atoms with van der Waals surface area (Å²) in [5, 5.41) is 2.82. The molecule has 1 nitrogen and oxygen atoms in total. The molecule has 0 aliphatic heterocycles. The summed E-state index contributed by atoms with van der Waals surface area (Å²) < 4.78 is 52.1. The van der Waals surface area contributed by atoms with E-state index in [-0.39, 0.29) is 17.3 Å². The molecule has 2 aromatic carbocycles. The van der Waals surface area contributed by atoms with Gasteiger partial charge in [-0.3, -0.25) is 0 Å². The molecule has 0 spiro atoms. The highest BCUT2D eigenvalue weighted by Gasteiger charge is 2.13. The first kappa shape index (κ1) is 13.7. The molecule has 2 rings (SSSR count). The van der Waals surface area contributed by atoms with Crippen LogP contribution in [0.3, 0.4) is 0 Å². The Bertz CT molecular complexity index is 616. The average molecular weight is 290 g/mol. The third-order valence-corrected chi connectivity index (χ3v) is 2.88. The van der Waals surface area contributed by atoms with Crippen molar-refractivity contribution in [2.24, 2.45) is 0 Å². The summed E-state index contributed by atoms with van der Waals surface area (Å²) in [5.41, 5.74) is 0.157. The molecule has 100 valence electrons. The zero-order chi connectivity index (χ0) is 14.0. The van der Waals surface area contributed by atoms with Gasteiger partial charge in [0, 0.05) is 11.6 Å². The molecule has 0 saturated carbocycles. The van der Waals surface area contributed by atoms with Crippen molar-refractivity contribution in [2.45, 2.75) is 6.54 Å². The summed E-state index contributed by atoms with van der Waals surface area (Å²) in [6.45, 7) is -0.0153. The van der Waals surface area contributed by atoms with Crippen molar-refractivity contribution in [1.82, 2.24) is 0 Å². The molecule has 0 aliphatic rings. The summed E-state index contributed by atoms with van der Waals surface area (Å²) in [4.78, 5) is 0. The van der Waals surface area contributed by atoms with Gasteiger partial charge >= 0.3 is 0 Å². The maximum absolute atomic E-state index is 13.4. The van der Waals surface area contributed by atoms with Gasteiger partial charge in [-0.05, 0) is 35.9 Å². The highest BCUT2D eigenvalue weighted by Crippen LogP contribution is 2.22. The van der Waals surface area contributed by atoms with Crippen molar-refractivity contribution >= 4 is 17.3 Å². The first-order chi connectivity index (χ1) is 8.99. The van der Waals surface area contributed by atoms with E-state index < -0.39 is 23.3 Å². The minimum atomic E-state index is -1.56. The average Bonchev–Trinajstić information content (AvgIpc) is 2.39. The van der Waals surface area contributed by atoms with Crippen LogP contribution in [0, 0.1) is 23.3 Å². The molecule has 19 heavy (non-hydrogen) atoms. The van der Waals surface area contributed by atoms with E-state index in [2.05, 4.69) is 5.32 Å². The molecular weight excluding hydrogens is 282 g/mol. The molecule has 0 unspecified atom stereocenters. The SMILES string of the molecule is Fc1ccc(Cl)c(CNc2ccc(F)c(F)c2F)c1. The van der Waals surface area contributed by atoms with Crippen LogP contribution >= 0.6 is 11.6 Å². The van der Waals surface area contributed by atoms with Crippen LogP contribution in [0.1, 0.15) is 5.56 Å². The Hall–Kier alpha value is -1.75. The van der Waals surface area contributed by atoms with Gasteiger partial charge in [0.2, 0.25) is 0 Å². The van der Waals surface area contributed by atoms with Crippen LogP contribution in [0.2, 0.25) is 5.02 Å². The number of nitrogens with one attached hydrogen (secondary N) is 1. The van der Waals surface area contributed by atoms with E-state index in [1.165, 1.54) is 18.2 Å². The zero-order valence-corrected chi connectivity index (χ0v) is 10.2. The lowest BCUT2D eigenvalue weighted by Gasteiger charge is -2.09. The summed E-state index contributed by atoms with van der Waals surface area (Å²) in [5.74, 6) is -4.65. The van der Waals surface area contributed by atoms with Gasteiger partial charge < -0.3 is 5.32 Å². The lowest BCUT2D eigenvalue weighted by molar-refractivity contribution is 0.449. The van der Waals surface area contributed by atoms with Crippen molar-refractivity contribution < 1.29 is 17.6 Å². The van der Waals surface area contributed by atoms with Gasteiger partial charge in [0.05, 0.1) is 5.69 Å². The zero-order valence-electron chi connectivity index (χ0n) is 9.48. The van der Waals surface area contributed by atoms with E-state index >= 15 is 0 Å². The number of anilines is 1. The van der Waals surface area contributed by atoms with Gasteiger partial charge in [0.15, 0.2) is 17.5 Å². The minimum absolute atomic E-state index is 0.0153. The number of hydrogen-bond acceptors (Lipinski definition) is 1. The van der Waals surface area contributed by atoms with Crippen LogP contribution in [0.25, 0.3) is 0 Å². The van der Waals surface area contributed by atoms with E-state index in [0.717, 1.165) is 12.1 Å². The Morgan fingerprint density at radius 1 is 0.947 bits per heavy atom. The second-order valence-corrected chi connectivity index (χ2v) is 4.22. The van der Waals surface area contributed by atoms with Gasteiger partial charge in [-0.2, -0.15) is 0 Å². The maximum atomic E-state index is 13.4. The van der Waals surface area contributed by atoms with Crippen LogP contribution in [-0.4, -0.2) is 0 Å². The van der Waals surface area contributed by atoms with Crippen molar-refractivity contribution in [1.29, 1.82) is 0 Å². The molecule has 0 amide bonds. The summed E-state index contributed by atoms with van der Waals surface area (Å²) in [6.07, 6.45) is 0. The third-order valence-electron chi connectivity index (χ3n) is 2.51. The molecule has 0 saturated heterocycles. The summed E-state index contributed by atoms with van der Waals surface area (Å²) in [7, 11) is 0. The van der Waals surface area contributed by atoms with E-state index in [0.29, 0.717) is 5.56 Å². The molecule has 0 radical (unpaired) electrons. The van der Waals surface area contributed by atoms with Crippen molar-refractivity contribution in [2.75, 3.05) is 5.32 Å². The molecule has 2 aromatic rings. The van der Waals surface area contributed by atoms with Crippen LogP contribution in [0.4, 0.5) is 23.2 Å². The molecule has 0 fully saturated rings. The van der Waals surface area contributed by atoms with Gasteiger partial charge in [-0.15, -0.1) is 0 Å². The fourth-order valence-corrected chi connectivity index (χ4v) is 1.72. The maximum Gasteiger partial charge on any atom is 0.196 e. The lowest BCUT2D eigenvalue weighted by Crippen LogP contribution is -2.04. The highest BCUT2D eigenvalue weighted by atomic mass is 35.5. The minimum Gasteiger partial charge on any atom is -0.378 e. The third kappa shape index (κ3) is 2.98. The standard InChI is InChI=1S/C13H8ClF4N/c14-9-2-1-8(15)5-7(9)6-19-11-4-3-10(16)12(17)13(11)18/h1-5,19H,6H2. The second-order valence-electron chi connectivity index (χ2n) is 3.81. The normalized spacial score (nSPS) is 10.6. The predicted octanol–water partition coefficient (Wildman–Crippen LogP) is 4.51. The first-order valence-electron chi connectivity index (χ1n) is 5.30. The van der Waals surface area contributed by atoms with Crippen molar-refractivity contribution in [3.8, 4) is 0 Å². The first-order valence-corrected chi connectivity index (χ1v) is 5.68. The van der Waals surface area contributed by atoms with Crippen LogP contribution in [0.15, 0.2) is 30.3 Å². The van der Waals surface area contributed by atoms with E-state index in [9.17, 15) is 17.6 Å². The molecular formula is C13H8ClF4N. The smallest absolute Gasteiger partial charge is 0.196 e. The van der Waals surface area contributed by atoms with Crippen LogP contribution in [-0.2, 0) is 6.54 Å². The van der Waals surface area contributed by atoms with Gasteiger partial charge in [-0.1, -0.05) is 11.6 Å². The van der Waals surface area contributed by atoms with Crippen LogP contribution in [0.5, 0.6) is 0 Å². The Morgan fingerprint density at radius 3 is 2.42 bits per heavy atom. The van der Waals surface area contributed by atoms with Crippen molar-refractivity contribution in [3.63, 3.8) is 0 Å². The van der Waals surface area contributed by atoms with Gasteiger partial charge in [0.25, 0.3) is 0 Å². The number of benzene rings is 2. The Kier molecular flexibility index (Phi) is 3.95. The molecule has 0 aliphatic carbocycles. The van der Waals surface area contributed by atoms with Gasteiger partial charge in [0.1, 0.15) is 5.82 Å². The number of hydrogen-bond donors (Lipinski definition) is 1. The summed E-state index contributed by atoms with van der Waals surface area (Å²) in [6, 6.07) is 5.57. The molecule has 1 N–H and O–H groups in total. The van der Waals surface area contributed by atoms with E-state index in [4.69, 9.17) is 11.6 Å². The summed E-state index contributed by atoms with van der Waals surface area (Å²) >= 11 is 5.82. The molecule has 0 atom stereocenters. The quantitative estimate of drug-likeness (QED) is 0.647. The largest absolute Gasteiger partial charge is 0.378 e. The Labute approximate surface area is 111 Å². The molecule has 0 heterocycles. The molecule has 0 aromatic heterocycles. The topological polar surface area (TPSA) is 12.0 Å². The highest BCUT2D eigenvalue weighted by molar-refractivity contribution is 6.31. The monoisotopic (exact) mass is 289 g/mol. The Morgan fingerprint density at radius 2 is 1.68 bits per heavy atom. The number of halogens is 5. The van der Waals surface area contributed by atoms with E-state index in [1.54, 1.807) is 0 Å². The number of rotatable bonds is 3. The fraction of sp³-hybridized carbons (Fsp3) is 0.0769.